The number of phosphoric ester groups is 1. The highest BCUT2D eigenvalue weighted by molar-refractivity contribution is 7.47. The Balaban J connectivity index is 3.90. The Labute approximate surface area is 631 Å². The van der Waals surface area contributed by atoms with Crippen LogP contribution in [0.3, 0.4) is 0 Å². The Morgan fingerprint density at radius 2 is 0.529 bits per heavy atom. The van der Waals surface area contributed by atoms with Crippen molar-refractivity contribution in [3.05, 3.63) is 134 Å². The summed E-state index contributed by atoms with van der Waals surface area (Å²) in [5.74, 6) is -0.781. The molecule has 0 rings (SSSR count). The maximum atomic E-state index is 12.9. The Morgan fingerprint density at radius 3 is 0.784 bits per heavy atom. The Hall–Kier alpha value is -3.85. The van der Waals surface area contributed by atoms with Crippen molar-refractivity contribution in [3.8, 4) is 0 Å². The Bertz CT molecular complexity index is 2190. The lowest BCUT2D eigenvalue weighted by atomic mass is 10.0. The van der Waals surface area contributed by atoms with Gasteiger partial charge < -0.3 is 18.9 Å². The second-order valence-electron chi connectivity index (χ2n) is 29.8. The predicted molar refractivity (Wildman–Crippen MR) is 445 cm³/mol. The number of allylic oxidation sites excluding steroid dienone is 22. The number of carbonyl (C=O) groups is 2. The van der Waals surface area contributed by atoms with E-state index in [2.05, 4.69) is 148 Å². The first-order valence-electron chi connectivity index (χ1n) is 42.9. The minimum Gasteiger partial charge on any atom is -0.462 e. The zero-order chi connectivity index (χ0) is 74.0. The Morgan fingerprint density at radius 1 is 0.304 bits per heavy atom. The van der Waals surface area contributed by atoms with Crippen molar-refractivity contribution in [2.24, 2.45) is 0 Å². The molecule has 0 aliphatic rings. The molecule has 0 aromatic heterocycles. The molecule has 0 radical (unpaired) electrons. The first-order chi connectivity index (χ1) is 50.0. The van der Waals surface area contributed by atoms with Gasteiger partial charge in [-0.25, -0.2) is 4.57 Å². The molecule has 0 heterocycles. The largest absolute Gasteiger partial charge is 0.472 e. The summed E-state index contributed by atoms with van der Waals surface area (Å²) in [6.45, 7) is 4.25. The highest BCUT2D eigenvalue weighted by atomic mass is 31.2. The van der Waals surface area contributed by atoms with Crippen LogP contribution in [0.4, 0.5) is 0 Å². The molecular formula is C92H163NO8P+. The highest BCUT2D eigenvalue weighted by Gasteiger charge is 2.27. The predicted octanol–water partition coefficient (Wildman–Crippen LogP) is 29.1. The fourth-order valence-electron chi connectivity index (χ4n) is 12.2. The summed E-state index contributed by atoms with van der Waals surface area (Å²) in [6.07, 6.45) is 119. The second-order valence-corrected chi connectivity index (χ2v) is 31.3. The van der Waals surface area contributed by atoms with Crippen molar-refractivity contribution in [1.29, 1.82) is 0 Å². The van der Waals surface area contributed by atoms with Crippen molar-refractivity contribution in [3.63, 3.8) is 0 Å². The zero-order valence-corrected chi connectivity index (χ0v) is 68.2. The molecule has 9 nitrogen and oxygen atoms in total. The van der Waals surface area contributed by atoms with Crippen LogP contribution in [0.2, 0.25) is 0 Å². The number of ether oxygens (including phenoxy) is 2. The summed E-state index contributed by atoms with van der Waals surface area (Å²) in [7, 11) is 1.49. The van der Waals surface area contributed by atoms with Crippen LogP contribution in [-0.2, 0) is 32.7 Å². The lowest BCUT2D eigenvalue weighted by molar-refractivity contribution is -0.870. The smallest absolute Gasteiger partial charge is 0.462 e. The fourth-order valence-corrected chi connectivity index (χ4v) is 13.0. The number of hydrogen-bond donors (Lipinski definition) is 1. The van der Waals surface area contributed by atoms with Crippen LogP contribution < -0.4 is 0 Å². The van der Waals surface area contributed by atoms with Crippen molar-refractivity contribution >= 4 is 19.8 Å². The van der Waals surface area contributed by atoms with E-state index in [1.165, 1.54) is 250 Å². The van der Waals surface area contributed by atoms with Crippen molar-refractivity contribution in [1.82, 2.24) is 0 Å². The molecule has 0 bridgehead atoms. The van der Waals surface area contributed by atoms with Gasteiger partial charge in [0.2, 0.25) is 0 Å². The second kappa shape index (κ2) is 81.2. The molecule has 102 heavy (non-hydrogen) atoms. The average Bonchev–Trinajstić information content (AvgIpc) is 0.913. The van der Waals surface area contributed by atoms with E-state index >= 15 is 0 Å². The molecule has 0 aliphatic heterocycles. The zero-order valence-electron chi connectivity index (χ0n) is 67.3. The lowest BCUT2D eigenvalue weighted by Gasteiger charge is -2.24. The maximum Gasteiger partial charge on any atom is 0.472 e. The molecule has 0 saturated heterocycles. The molecule has 0 fully saturated rings. The van der Waals surface area contributed by atoms with E-state index in [0.717, 1.165) is 103 Å². The van der Waals surface area contributed by atoms with Gasteiger partial charge in [-0.2, -0.15) is 0 Å². The van der Waals surface area contributed by atoms with Gasteiger partial charge in [0.15, 0.2) is 6.10 Å². The number of quaternary nitrogens is 1. The average molecular weight is 1440 g/mol. The van der Waals surface area contributed by atoms with Gasteiger partial charge in [0, 0.05) is 12.8 Å². The number of likely N-dealkylation sites (N-methyl/N-ethyl adjacent to an activating group) is 1. The number of esters is 2. The van der Waals surface area contributed by atoms with E-state index in [1.54, 1.807) is 0 Å². The standard InChI is InChI=1S/C92H162NO8P/c1-6-8-10-12-14-16-18-20-22-24-26-28-30-32-34-36-38-40-42-44-45-46-47-49-50-52-54-56-58-60-62-64-66-68-70-72-74-76-78-80-82-84-91(94)98-88-90(89-100-102(96,97)99-87-86-93(3,4)5)101-92(95)85-83-81-79-77-75-73-71-69-67-65-63-61-59-57-55-53-51-48-43-41-39-37-35-33-31-29-27-25-23-21-19-17-15-13-11-9-7-2/h8-11,14-17,20-23,26-29,32-35,39,41,90H,6-7,12-13,18-19,24-25,30-31,36-38,40,42-89H2,1-5H3/p+1/b10-8-,11-9-,16-14-,17-15-,22-20-,23-21-,28-26-,29-27-,34-32-,35-33-,41-39-. The van der Waals surface area contributed by atoms with Gasteiger partial charge in [0.05, 0.1) is 27.7 Å². The van der Waals surface area contributed by atoms with Crippen LogP contribution in [-0.4, -0.2) is 74.9 Å². The number of phosphoric acid groups is 1. The molecule has 0 amide bonds. The summed E-state index contributed by atoms with van der Waals surface area (Å²) in [4.78, 5) is 36.1. The van der Waals surface area contributed by atoms with E-state index in [1.807, 2.05) is 21.1 Å². The summed E-state index contributed by atoms with van der Waals surface area (Å²) in [5.41, 5.74) is 0. The van der Waals surface area contributed by atoms with Gasteiger partial charge >= 0.3 is 19.8 Å². The monoisotopic (exact) mass is 1440 g/mol. The molecule has 0 aromatic carbocycles. The van der Waals surface area contributed by atoms with Gasteiger partial charge in [-0.15, -0.1) is 0 Å². The van der Waals surface area contributed by atoms with Crippen LogP contribution in [0.5, 0.6) is 0 Å². The van der Waals surface area contributed by atoms with Gasteiger partial charge in [-0.1, -0.05) is 398 Å². The van der Waals surface area contributed by atoms with Gasteiger partial charge in [-0.05, 0) is 109 Å². The number of nitrogens with zero attached hydrogens (tertiary/aromatic N) is 1. The first-order valence-corrected chi connectivity index (χ1v) is 44.4. The van der Waals surface area contributed by atoms with E-state index in [4.69, 9.17) is 18.5 Å². The third kappa shape index (κ3) is 85.1. The van der Waals surface area contributed by atoms with E-state index < -0.39 is 26.5 Å². The fraction of sp³-hybridized carbons (Fsp3) is 0.739. The van der Waals surface area contributed by atoms with Crippen LogP contribution in [0.1, 0.15) is 386 Å². The third-order valence-electron chi connectivity index (χ3n) is 18.7. The van der Waals surface area contributed by atoms with Crippen LogP contribution in [0, 0.1) is 0 Å². The number of unbranched alkanes of at least 4 members (excludes halogenated alkanes) is 43. The summed E-state index contributed by atoms with van der Waals surface area (Å²) >= 11 is 0. The van der Waals surface area contributed by atoms with Crippen LogP contribution in [0.25, 0.3) is 0 Å². The highest BCUT2D eigenvalue weighted by Crippen LogP contribution is 2.43. The molecule has 0 aromatic rings. The molecule has 0 spiro atoms. The molecular weight excluding hydrogens is 1280 g/mol. The number of hydrogen-bond acceptors (Lipinski definition) is 7. The quantitative estimate of drug-likeness (QED) is 0.0211. The van der Waals surface area contributed by atoms with Crippen molar-refractivity contribution < 1.29 is 42.1 Å². The molecule has 0 saturated carbocycles. The number of rotatable bonds is 79. The van der Waals surface area contributed by atoms with Gasteiger partial charge in [-0.3, -0.25) is 18.6 Å². The minimum absolute atomic E-state index is 0.0306. The topological polar surface area (TPSA) is 108 Å². The maximum absolute atomic E-state index is 12.9. The van der Waals surface area contributed by atoms with Gasteiger partial charge in [0.1, 0.15) is 19.8 Å². The van der Waals surface area contributed by atoms with Crippen molar-refractivity contribution in [2.45, 2.75) is 392 Å². The number of carbonyl (C=O) groups excluding carboxylic acids is 2. The minimum atomic E-state index is -4.40. The Kier molecular flexibility index (Phi) is 78.2. The molecule has 588 valence electrons. The lowest BCUT2D eigenvalue weighted by Crippen LogP contribution is -2.37. The summed E-state index contributed by atoms with van der Waals surface area (Å²) in [5, 5.41) is 0. The first kappa shape index (κ1) is 98.2. The normalized spacial score (nSPS) is 13.7. The van der Waals surface area contributed by atoms with E-state index in [0.29, 0.717) is 17.4 Å². The molecule has 10 heteroatoms. The third-order valence-corrected chi connectivity index (χ3v) is 19.7. The van der Waals surface area contributed by atoms with Crippen LogP contribution in [0.15, 0.2) is 134 Å². The SMILES string of the molecule is CC/C=C\C/C=C\C/C=C\C/C=C\C/C=C\C/C=C\CCCCCCCCCCCCCCCCCCCCC(=O)OC(COC(=O)CCCCCCCCCCCCCCCCCCCCCCCCCCC/C=C\C/C=C\C/C=C\C/C=C\C/C=C\CC)COP(=O)(O)OCC[N+](C)(C)C. The van der Waals surface area contributed by atoms with E-state index in [9.17, 15) is 19.0 Å². The van der Waals surface area contributed by atoms with Crippen LogP contribution >= 0.6 is 7.82 Å². The molecule has 2 atom stereocenters. The van der Waals surface area contributed by atoms with E-state index in [-0.39, 0.29) is 32.0 Å². The summed E-state index contributed by atoms with van der Waals surface area (Å²) < 4.78 is 34.9. The molecule has 1 N–H and O–H groups in total. The summed E-state index contributed by atoms with van der Waals surface area (Å²) in [6, 6.07) is 0. The molecule has 0 aliphatic carbocycles. The molecule has 2 unspecified atom stereocenters. The van der Waals surface area contributed by atoms with Crippen molar-refractivity contribution in [2.75, 3.05) is 47.5 Å². The van der Waals surface area contributed by atoms with Gasteiger partial charge in [0.25, 0.3) is 0 Å².